The minimum atomic E-state index is -0.244. The van der Waals surface area contributed by atoms with Gasteiger partial charge in [-0.15, -0.1) is 0 Å². The van der Waals surface area contributed by atoms with Crippen molar-refractivity contribution in [2.24, 2.45) is 0 Å². The standard InChI is InChI=1S/C19H26N4O2/c1-2-16-3-5-17(6-4-16)18(15-20)21-7-9-22(10-8-21)19(24)23-11-13-25-14-12-23/h3-6,18H,2,7-14H2,1H3. The van der Waals surface area contributed by atoms with Gasteiger partial charge in [0.15, 0.2) is 0 Å². The van der Waals surface area contributed by atoms with Gasteiger partial charge >= 0.3 is 6.03 Å². The highest BCUT2D eigenvalue weighted by Crippen LogP contribution is 2.22. The topological polar surface area (TPSA) is 59.8 Å². The Labute approximate surface area is 149 Å². The molecule has 1 atom stereocenters. The lowest BCUT2D eigenvalue weighted by molar-refractivity contribution is 0.0363. The zero-order valence-corrected chi connectivity index (χ0v) is 14.9. The summed E-state index contributed by atoms with van der Waals surface area (Å²) >= 11 is 0. The van der Waals surface area contributed by atoms with E-state index in [0.717, 1.165) is 25.1 Å². The predicted molar refractivity (Wildman–Crippen MR) is 95.1 cm³/mol. The molecule has 0 aliphatic carbocycles. The van der Waals surface area contributed by atoms with Gasteiger partial charge in [-0.3, -0.25) is 4.90 Å². The first kappa shape index (κ1) is 17.7. The molecule has 1 unspecified atom stereocenters. The maximum Gasteiger partial charge on any atom is 0.320 e. The van der Waals surface area contributed by atoms with Crippen LogP contribution in [0.4, 0.5) is 4.79 Å². The Bertz CT molecular complexity index is 611. The number of nitrogens with zero attached hydrogens (tertiary/aromatic N) is 4. The van der Waals surface area contributed by atoms with E-state index in [4.69, 9.17) is 4.74 Å². The SMILES string of the molecule is CCc1ccc(C(C#N)N2CCN(C(=O)N3CCOCC3)CC2)cc1. The molecule has 2 fully saturated rings. The fraction of sp³-hybridized carbons (Fsp3) is 0.579. The van der Waals surface area contributed by atoms with E-state index < -0.39 is 0 Å². The van der Waals surface area contributed by atoms with Crippen LogP contribution in [0.5, 0.6) is 0 Å². The van der Waals surface area contributed by atoms with E-state index in [2.05, 4.69) is 42.2 Å². The molecule has 0 spiro atoms. The van der Waals surface area contributed by atoms with Gasteiger partial charge in [0, 0.05) is 39.3 Å². The van der Waals surface area contributed by atoms with Gasteiger partial charge in [-0.05, 0) is 17.5 Å². The van der Waals surface area contributed by atoms with Gasteiger partial charge in [0.25, 0.3) is 0 Å². The molecule has 0 bridgehead atoms. The summed E-state index contributed by atoms with van der Waals surface area (Å²) in [6.07, 6.45) is 1.000. The number of morpholine rings is 1. The van der Waals surface area contributed by atoms with Crippen molar-refractivity contribution in [3.8, 4) is 6.07 Å². The first-order chi connectivity index (χ1) is 12.2. The van der Waals surface area contributed by atoms with Crippen LogP contribution in [-0.2, 0) is 11.2 Å². The third kappa shape index (κ3) is 4.12. The average molecular weight is 342 g/mol. The van der Waals surface area contributed by atoms with Gasteiger partial charge in [0.1, 0.15) is 6.04 Å². The van der Waals surface area contributed by atoms with Crippen molar-refractivity contribution in [1.82, 2.24) is 14.7 Å². The molecule has 1 aromatic carbocycles. The van der Waals surface area contributed by atoms with Crippen LogP contribution >= 0.6 is 0 Å². The van der Waals surface area contributed by atoms with Crippen molar-refractivity contribution >= 4 is 6.03 Å². The van der Waals surface area contributed by atoms with Crippen LogP contribution < -0.4 is 0 Å². The highest BCUT2D eigenvalue weighted by molar-refractivity contribution is 5.74. The highest BCUT2D eigenvalue weighted by atomic mass is 16.5. The van der Waals surface area contributed by atoms with Gasteiger partial charge in [-0.2, -0.15) is 5.26 Å². The molecule has 2 aliphatic heterocycles. The van der Waals surface area contributed by atoms with E-state index in [1.54, 1.807) is 0 Å². The summed E-state index contributed by atoms with van der Waals surface area (Å²) in [6.45, 7) is 7.50. The van der Waals surface area contributed by atoms with Crippen molar-refractivity contribution in [3.05, 3.63) is 35.4 Å². The second-order valence-corrected chi connectivity index (χ2v) is 6.53. The maximum absolute atomic E-state index is 12.6. The number of nitriles is 1. The summed E-state index contributed by atoms with van der Waals surface area (Å²) in [5.41, 5.74) is 2.31. The Morgan fingerprint density at radius 1 is 1.08 bits per heavy atom. The summed E-state index contributed by atoms with van der Waals surface area (Å²) < 4.78 is 5.31. The van der Waals surface area contributed by atoms with Gasteiger partial charge in [-0.25, -0.2) is 4.79 Å². The van der Waals surface area contributed by atoms with Crippen LogP contribution in [0.15, 0.2) is 24.3 Å². The molecule has 3 rings (SSSR count). The monoisotopic (exact) mass is 342 g/mol. The molecule has 0 saturated carbocycles. The summed E-state index contributed by atoms with van der Waals surface area (Å²) in [5.74, 6) is 0. The molecule has 25 heavy (non-hydrogen) atoms. The second kappa shape index (κ2) is 8.32. The number of carbonyl (C=O) groups excluding carboxylic acids is 1. The number of hydrogen-bond donors (Lipinski definition) is 0. The number of amides is 2. The van der Waals surface area contributed by atoms with Crippen molar-refractivity contribution in [3.63, 3.8) is 0 Å². The number of hydrogen-bond acceptors (Lipinski definition) is 4. The molecule has 0 N–H and O–H groups in total. The van der Waals surface area contributed by atoms with Crippen molar-refractivity contribution in [2.75, 3.05) is 52.5 Å². The normalized spacial score (nSPS) is 20.2. The smallest absolute Gasteiger partial charge is 0.320 e. The highest BCUT2D eigenvalue weighted by Gasteiger charge is 2.29. The quantitative estimate of drug-likeness (QED) is 0.842. The average Bonchev–Trinajstić information content (AvgIpc) is 2.70. The number of piperazine rings is 1. The molecule has 6 nitrogen and oxygen atoms in total. The number of urea groups is 1. The van der Waals surface area contributed by atoms with Crippen LogP contribution in [0.25, 0.3) is 0 Å². The van der Waals surface area contributed by atoms with Gasteiger partial charge in [-0.1, -0.05) is 31.2 Å². The zero-order valence-electron chi connectivity index (χ0n) is 14.9. The number of benzene rings is 1. The van der Waals surface area contributed by atoms with Crippen LogP contribution in [0.1, 0.15) is 24.1 Å². The number of carbonyl (C=O) groups is 1. The third-order valence-electron chi connectivity index (χ3n) is 5.06. The molecule has 2 amide bonds. The molecular formula is C19H26N4O2. The van der Waals surface area contributed by atoms with Gasteiger partial charge in [0.2, 0.25) is 0 Å². The summed E-state index contributed by atoms with van der Waals surface area (Å²) in [4.78, 5) is 18.5. The van der Waals surface area contributed by atoms with Crippen LogP contribution in [0.2, 0.25) is 0 Å². The molecule has 0 aromatic heterocycles. The molecule has 6 heteroatoms. The fourth-order valence-corrected chi connectivity index (χ4v) is 3.43. The van der Waals surface area contributed by atoms with E-state index in [1.807, 2.05) is 9.80 Å². The van der Waals surface area contributed by atoms with E-state index in [1.165, 1.54) is 5.56 Å². The molecule has 2 saturated heterocycles. The molecular weight excluding hydrogens is 316 g/mol. The first-order valence-corrected chi connectivity index (χ1v) is 9.07. The Morgan fingerprint density at radius 3 is 2.24 bits per heavy atom. The number of aryl methyl sites for hydroxylation is 1. The van der Waals surface area contributed by atoms with Crippen LogP contribution in [0, 0.1) is 11.3 Å². The zero-order chi connectivity index (χ0) is 17.6. The first-order valence-electron chi connectivity index (χ1n) is 9.07. The van der Waals surface area contributed by atoms with Crippen molar-refractivity contribution in [2.45, 2.75) is 19.4 Å². The summed E-state index contributed by atoms with van der Waals surface area (Å²) in [5, 5.41) is 9.64. The number of ether oxygens (including phenoxy) is 1. The van der Waals surface area contributed by atoms with E-state index >= 15 is 0 Å². The largest absolute Gasteiger partial charge is 0.378 e. The van der Waals surface area contributed by atoms with Crippen molar-refractivity contribution in [1.29, 1.82) is 5.26 Å². The Kier molecular flexibility index (Phi) is 5.90. The molecule has 0 radical (unpaired) electrons. The second-order valence-electron chi connectivity index (χ2n) is 6.53. The van der Waals surface area contributed by atoms with Gasteiger partial charge < -0.3 is 14.5 Å². The Morgan fingerprint density at radius 2 is 1.68 bits per heavy atom. The molecule has 1 aromatic rings. The minimum Gasteiger partial charge on any atom is -0.378 e. The molecule has 2 aliphatic rings. The van der Waals surface area contributed by atoms with Gasteiger partial charge in [0.05, 0.1) is 19.3 Å². The summed E-state index contributed by atoms with van der Waals surface area (Å²) in [7, 11) is 0. The number of rotatable bonds is 3. The predicted octanol–water partition coefficient (Wildman–Crippen LogP) is 1.88. The van der Waals surface area contributed by atoms with Crippen molar-refractivity contribution < 1.29 is 9.53 Å². The summed E-state index contributed by atoms with van der Waals surface area (Å²) in [6, 6.07) is 10.6. The van der Waals surface area contributed by atoms with E-state index in [-0.39, 0.29) is 12.1 Å². The lowest BCUT2D eigenvalue weighted by atomic mass is 10.0. The molecule has 2 heterocycles. The van der Waals surface area contributed by atoms with Crippen LogP contribution in [0.3, 0.4) is 0 Å². The minimum absolute atomic E-state index is 0.101. The van der Waals surface area contributed by atoms with E-state index in [0.29, 0.717) is 39.4 Å². The Hall–Kier alpha value is -2.10. The molecule has 134 valence electrons. The van der Waals surface area contributed by atoms with Crippen LogP contribution in [-0.4, -0.2) is 73.2 Å². The third-order valence-corrected chi connectivity index (χ3v) is 5.06. The maximum atomic E-state index is 12.6. The fourth-order valence-electron chi connectivity index (χ4n) is 3.43. The Balaban J connectivity index is 1.58. The lowest BCUT2D eigenvalue weighted by Crippen LogP contribution is -2.55. The lowest BCUT2D eigenvalue weighted by Gasteiger charge is -2.39. The van der Waals surface area contributed by atoms with E-state index in [9.17, 15) is 10.1 Å².